The van der Waals surface area contributed by atoms with E-state index >= 15 is 0 Å². The van der Waals surface area contributed by atoms with Crippen molar-refractivity contribution in [2.45, 2.75) is 46.9 Å². The van der Waals surface area contributed by atoms with E-state index in [0.29, 0.717) is 18.0 Å². The fourth-order valence-electron chi connectivity index (χ4n) is 2.94. The molecule has 1 atom stereocenters. The maximum absolute atomic E-state index is 12.5. The van der Waals surface area contributed by atoms with Crippen LogP contribution in [0, 0.1) is 20.8 Å². The first-order chi connectivity index (χ1) is 12.9. The van der Waals surface area contributed by atoms with E-state index in [9.17, 15) is 4.79 Å². The first-order valence-electron chi connectivity index (χ1n) is 8.99. The molecule has 0 aliphatic rings. The smallest absolute Gasteiger partial charge is 0.261 e. The van der Waals surface area contributed by atoms with E-state index in [1.807, 2.05) is 74.3 Å². The molecule has 27 heavy (non-hydrogen) atoms. The van der Waals surface area contributed by atoms with Crippen molar-refractivity contribution in [1.29, 1.82) is 0 Å². The lowest BCUT2D eigenvalue weighted by atomic mass is 10.1. The van der Waals surface area contributed by atoms with Crippen LogP contribution >= 0.6 is 11.3 Å². The first kappa shape index (κ1) is 19.2. The maximum Gasteiger partial charge on any atom is 0.261 e. The third-order valence-electron chi connectivity index (χ3n) is 4.28. The van der Waals surface area contributed by atoms with Crippen LogP contribution in [0.4, 0.5) is 0 Å². The first-order valence-corrected chi connectivity index (χ1v) is 9.87. The van der Waals surface area contributed by atoms with Gasteiger partial charge >= 0.3 is 0 Å². The van der Waals surface area contributed by atoms with Crippen molar-refractivity contribution in [2.24, 2.45) is 0 Å². The second kappa shape index (κ2) is 8.39. The van der Waals surface area contributed by atoms with E-state index in [2.05, 4.69) is 10.4 Å². The van der Waals surface area contributed by atoms with Crippen molar-refractivity contribution in [3.05, 3.63) is 69.2 Å². The molecule has 0 aliphatic heterocycles. The Morgan fingerprint density at radius 2 is 2.00 bits per heavy atom. The number of rotatable bonds is 7. The number of hydrogen-bond donors (Lipinski definition) is 1. The summed E-state index contributed by atoms with van der Waals surface area (Å²) >= 11 is 1.44. The highest BCUT2D eigenvalue weighted by Crippen LogP contribution is 2.24. The van der Waals surface area contributed by atoms with E-state index in [4.69, 9.17) is 4.74 Å². The fourth-order valence-corrected chi connectivity index (χ4v) is 3.74. The molecule has 2 aromatic heterocycles. The molecule has 0 saturated carbocycles. The molecule has 1 aromatic carbocycles. The number of nitrogens with one attached hydrogen (secondary N) is 1. The molecule has 5 nitrogen and oxygen atoms in total. The van der Waals surface area contributed by atoms with Crippen LogP contribution in [0.5, 0.6) is 5.75 Å². The Kier molecular flexibility index (Phi) is 5.96. The molecular weight excluding hydrogens is 358 g/mol. The van der Waals surface area contributed by atoms with Crippen molar-refractivity contribution in [3.8, 4) is 5.75 Å². The number of ether oxygens (including phenoxy) is 1. The van der Waals surface area contributed by atoms with Gasteiger partial charge < -0.3 is 10.1 Å². The van der Waals surface area contributed by atoms with Gasteiger partial charge in [0.25, 0.3) is 5.91 Å². The Morgan fingerprint density at radius 3 is 2.67 bits per heavy atom. The lowest BCUT2D eigenvalue weighted by molar-refractivity contribution is 0.0940. The minimum absolute atomic E-state index is 0.00628. The number of amides is 1. The van der Waals surface area contributed by atoms with E-state index in [1.54, 1.807) is 0 Å². The number of aryl methyl sites for hydroxylation is 3. The van der Waals surface area contributed by atoms with Crippen LogP contribution in [-0.4, -0.2) is 21.7 Å². The quantitative estimate of drug-likeness (QED) is 0.663. The lowest BCUT2D eigenvalue weighted by Gasteiger charge is -2.13. The summed E-state index contributed by atoms with van der Waals surface area (Å²) in [6, 6.07) is 9.95. The molecule has 1 unspecified atom stereocenters. The SMILES string of the molecule is Cc1ccn(CC(C)NC(=O)c2cc(COc3c(C)cccc3C)cs2)n1. The monoisotopic (exact) mass is 383 g/mol. The molecule has 142 valence electrons. The summed E-state index contributed by atoms with van der Waals surface area (Å²) in [4.78, 5) is 13.2. The van der Waals surface area contributed by atoms with Gasteiger partial charge in [0.05, 0.1) is 17.1 Å². The number of thiophene rings is 1. The second-order valence-electron chi connectivity index (χ2n) is 6.88. The highest BCUT2D eigenvalue weighted by atomic mass is 32.1. The molecule has 0 spiro atoms. The summed E-state index contributed by atoms with van der Waals surface area (Å²) in [6.45, 7) is 9.11. The molecule has 2 heterocycles. The van der Waals surface area contributed by atoms with Gasteiger partial charge in [-0.15, -0.1) is 11.3 Å². The normalized spacial score (nSPS) is 12.0. The number of benzene rings is 1. The third-order valence-corrected chi connectivity index (χ3v) is 5.26. The summed E-state index contributed by atoms with van der Waals surface area (Å²) in [5.74, 6) is 0.854. The van der Waals surface area contributed by atoms with E-state index < -0.39 is 0 Å². The molecule has 0 radical (unpaired) electrons. The van der Waals surface area contributed by atoms with Crippen LogP contribution in [0.15, 0.2) is 41.9 Å². The highest BCUT2D eigenvalue weighted by molar-refractivity contribution is 7.12. The molecule has 3 rings (SSSR count). The number of carbonyl (C=O) groups is 1. The molecule has 0 fully saturated rings. The predicted octanol–water partition coefficient (Wildman–Crippen LogP) is 4.27. The molecule has 6 heteroatoms. The van der Waals surface area contributed by atoms with Gasteiger partial charge in [-0.1, -0.05) is 18.2 Å². The minimum Gasteiger partial charge on any atom is -0.488 e. The number of carbonyl (C=O) groups excluding carboxylic acids is 1. The molecule has 0 aliphatic carbocycles. The molecule has 1 amide bonds. The van der Waals surface area contributed by atoms with Gasteiger partial charge in [-0.25, -0.2) is 0 Å². The maximum atomic E-state index is 12.5. The Balaban J connectivity index is 1.55. The third kappa shape index (κ3) is 4.98. The molecule has 1 N–H and O–H groups in total. The summed E-state index contributed by atoms with van der Waals surface area (Å²) < 4.78 is 7.82. The van der Waals surface area contributed by atoms with Crippen molar-refractivity contribution in [2.75, 3.05) is 0 Å². The van der Waals surface area contributed by atoms with Crippen LogP contribution in [0.25, 0.3) is 0 Å². The Labute approximate surface area is 164 Å². The van der Waals surface area contributed by atoms with Crippen LogP contribution < -0.4 is 10.1 Å². The zero-order valence-electron chi connectivity index (χ0n) is 16.2. The predicted molar refractivity (Wildman–Crippen MR) is 108 cm³/mol. The van der Waals surface area contributed by atoms with Crippen LogP contribution in [-0.2, 0) is 13.2 Å². The van der Waals surface area contributed by atoms with Gasteiger partial charge in [0, 0.05) is 17.8 Å². The summed E-state index contributed by atoms with van der Waals surface area (Å²) in [5, 5.41) is 9.36. The van der Waals surface area contributed by atoms with Crippen LogP contribution in [0.3, 0.4) is 0 Å². The van der Waals surface area contributed by atoms with Gasteiger partial charge in [0.15, 0.2) is 0 Å². The van der Waals surface area contributed by atoms with Crippen molar-refractivity contribution >= 4 is 17.2 Å². The van der Waals surface area contributed by atoms with Crippen molar-refractivity contribution in [3.63, 3.8) is 0 Å². The van der Waals surface area contributed by atoms with Gasteiger partial charge in [0.2, 0.25) is 0 Å². The van der Waals surface area contributed by atoms with Crippen LogP contribution in [0.1, 0.15) is 39.0 Å². The number of para-hydroxylation sites is 1. The minimum atomic E-state index is -0.0605. The number of nitrogens with zero attached hydrogens (tertiary/aromatic N) is 2. The highest BCUT2D eigenvalue weighted by Gasteiger charge is 2.14. The summed E-state index contributed by atoms with van der Waals surface area (Å²) in [7, 11) is 0. The summed E-state index contributed by atoms with van der Waals surface area (Å²) in [5.41, 5.74) is 4.21. The average molecular weight is 384 g/mol. The van der Waals surface area contributed by atoms with Crippen molar-refractivity contribution < 1.29 is 9.53 Å². The average Bonchev–Trinajstić information content (AvgIpc) is 3.23. The second-order valence-corrected chi connectivity index (χ2v) is 7.79. The zero-order valence-corrected chi connectivity index (χ0v) is 17.0. The lowest BCUT2D eigenvalue weighted by Crippen LogP contribution is -2.35. The molecule has 0 bridgehead atoms. The van der Waals surface area contributed by atoms with E-state index in [1.165, 1.54) is 11.3 Å². The number of aromatic nitrogens is 2. The van der Waals surface area contributed by atoms with Gasteiger partial charge in [0.1, 0.15) is 12.4 Å². The molecule has 3 aromatic rings. The van der Waals surface area contributed by atoms with E-state index in [-0.39, 0.29) is 11.9 Å². The molecular formula is C21H25N3O2S. The van der Waals surface area contributed by atoms with Gasteiger partial charge in [-0.05, 0) is 56.3 Å². The zero-order chi connectivity index (χ0) is 19.4. The molecule has 0 saturated heterocycles. The largest absolute Gasteiger partial charge is 0.488 e. The standard InChI is InChI=1S/C21H25N3O2S/c1-14-6-5-7-15(2)20(14)26-12-18-10-19(27-13-18)21(25)22-17(4)11-24-9-8-16(3)23-24/h5-10,13,17H,11-12H2,1-4H3,(H,22,25). The van der Waals surface area contributed by atoms with Gasteiger partial charge in [-0.2, -0.15) is 5.10 Å². The van der Waals surface area contributed by atoms with Crippen molar-refractivity contribution in [1.82, 2.24) is 15.1 Å². The topological polar surface area (TPSA) is 56.2 Å². The summed E-state index contributed by atoms with van der Waals surface area (Å²) in [6.07, 6.45) is 1.92. The fraction of sp³-hybridized carbons (Fsp3) is 0.333. The van der Waals surface area contributed by atoms with Gasteiger partial charge in [-0.3, -0.25) is 9.48 Å². The Hall–Kier alpha value is -2.60. The Morgan fingerprint density at radius 1 is 1.26 bits per heavy atom. The number of hydrogen-bond acceptors (Lipinski definition) is 4. The van der Waals surface area contributed by atoms with E-state index in [0.717, 1.165) is 28.1 Å². The van der Waals surface area contributed by atoms with Crippen LogP contribution in [0.2, 0.25) is 0 Å². The Bertz CT molecular complexity index is 909.